The molecular weight excluding hydrogens is 422 g/mol. The van der Waals surface area contributed by atoms with Crippen molar-refractivity contribution in [3.63, 3.8) is 0 Å². The van der Waals surface area contributed by atoms with E-state index in [-0.39, 0.29) is 36.1 Å². The second-order valence-electron chi connectivity index (χ2n) is 8.28. The van der Waals surface area contributed by atoms with Crippen LogP contribution in [0.25, 0.3) is 0 Å². The monoisotopic (exact) mass is 446 g/mol. The Bertz CT molecular complexity index is 1150. The van der Waals surface area contributed by atoms with Gasteiger partial charge in [-0.3, -0.25) is 24.1 Å². The maximum absolute atomic E-state index is 14.1. The summed E-state index contributed by atoms with van der Waals surface area (Å²) in [7, 11) is 0. The van der Waals surface area contributed by atoms with Crippen LogP contribution in [0, 0.1) is 12.7 Å². The standard InChI is InChI=1S/C22H24F2N4O4/c1-12-3-5-14(17(24)7-12)9-25-21(31)16-10-27-18(20(30)19(16)29)22(32)26-11-28(27)13(2)4-6-15(26)8-23/h3,5,7,10,13,15,30H,4,6,8-9,11H2,1-2H3,(H,25,31)/t13-,15-/m0/s1. The highest BCUT2D eigenvalue weighted by Gasteiger charge is 2.41. The van der Waals surface area contributed by atoms with Gasteiger partial charge in [0.05, 0.1) is 6.04 Å². The van der Waals surface area contributed by atoms with Gasteiger partial charge in [0.25, 0.3) is 11.8 Å². The SMILES string of the molecule is Cc1ccc(CNC(=O)c2cn3c(c(O)c2=O)C(=O)N2CN3[C@@H](C)CC[C@H]2CF)c(F)c1. The number of fused-ring (bicyclic) bond motifs is 4. The quantitative estimate of drug-likeness (QED) is 0.747. The molecule has 2 aliphatic rings. The molecule has 2 bridgehead atoms. The van der Waals surface area contributed by atoms with E-state index in [1.165, 1.54) is 27.9 Å². The number of hydrogen-bond acceptors (Lipinski definition) is 5. The fourth-order valence-electron chi connectivity index (χ4n) is 4.18. The predicted octanol–water partition coefficient (Wildman–Crippen LogP) is 1.80. The molecule has 0 unspecified atom stereocenters. The van der Waals surface area contributed by atoms with Crippen LogP contribution in [-0.4, -0.2) is 51.9 Å². The van der Waals surface area contributed by atoms with Crippen molar-refractivity contribution in [3.05, 3.63) is 62.8 Å². The van der Waals surface area contributed by atoms with Crippen LogP contribution in [0.1, 0.15) is 51.7 Å². The molecule has 4 rings (SSSR count). The number of hydrogen-bond donors (Lipinski definition) is 2. The maximum atomic E-state index is 14.1. The number of aromatic hydroxyl groups is 1. The van der Waals surface area contributed by atoms with E-state index in [2.05, 4.69) is 5.32 Å². The van der Waals surface area contributed by atoms with Crippen LogP contribution in [0.4, 0.5) is 8.78 Å². The lowest BCUT2D eigenvalue weighted by Gasteiger charge is -2.41. The van der Waals surface area contributed by atoms with Crippen molar-refractivity contribution < 1.29 is 23.5 Å². The van der Waals surface area contributed by atoms with Crippen molar-refractivity contribution in [2.45, 2.75) is 45.3 Å². The molecule has 170 valence electrons. The lowest BCUT2D eigenvalue weighted by molar-refractivity contribution is 0.0581. The van der Waals surface area contributed by atoms with Crippen molar-refractivity contribution in [2.24, 2.45) is 0 Å². The third kappa shape index (κ3) is 3.59. The average molecular weight is 446 g/mol. The first-order valence-electron chi connectivity index (χ1n) is 10.4. The van der Waals surface area contributed by atoms with Crippen LogP contribution in [-0.2, 0) is 6.54 Å². The molecule has 2 aromatic rings. The Balaban J connectivity index is 1.69. The molecule has 1 aromatic carbocycles. The van der Waals surface area contributed by atoms with E-state index >= 15 is 0 Å². The van der Waals surface area contributed by atoms with Gasteiger partial charge in [-0.05, 0) is 38.3 Å². The molecule has 0 saturated carbocycles. The van der Waals surface area contributed by atoms with Crippen molar-refractivity contribution in [2.75, 3.05) is 18.4 Å². The molecule has 2 aliphatic heterocycles. The lowest BCUT2D eigenvalue weighted by atomic mass is 10.1. The molecule has 3 heterocycles. The highest BCUT2D eigenvalue weighted by Crippen LogP contribution is 2.29. The smallest absolute Gasteiger partial charge is 0.278 e. The van der Waals surface area contributed by atoms with Gasteiger partial charge in [-0.25, -0.2) is 8.78 Å². The van der Waals surface area contributed by atoms with Crippen LogP contribution < -0.4 is 15.8 Å². The van der Waals surface area contributed by atoms with Crippen molar-refractivity contribution in [3.8, 4) is 5.75 Å². The van der Waals surface area contributed by atoms with Gasteiger partial charge in [0.15, 0.2) is 11.4 Å². The molecule has 0 radical (unpaired) electrons. The van der Waals surface area contributed by atoms with Crippen LogP contribution in [0.15, 0.2) is 29.2 Å². The Hall–Kier alpha value is -3.43. The lowest BCUT2D eigenvalue weighted by Crippen LogP contribution is -2.58. The number of benzene rings is 1. The molecule has 2 amide bonds. The van der Waals surface area contributed by atoms with Crippen molar-refractivity contribution in [1.29, 1.82) is 0 Å². The molecule has 10 heteroatoms. The minimum atomic E-state index is -1.02. The number of alkyl halides is 1. The number of aryl methyl sites for hydroxylation is 1. The molecule has 8 nitrogen and oxygen atoms in total. The zero-order chi connectivity index (χ0) is 23.2. The summed E-state index contributed by atoms with van der Waals surface area (Å²) in [6.07, 6.45) is 2.23. The first kappa shape index (κ1) is 21.8. The van der Waals surface area contributed by atoms with Gasteiger partial charge in [0, 0.05) is 24.3 Å². The normalized spacial score (nSPS) is 20.1. The topological polar surface area (TPSA) is 94.9 Å². The van der Waals surface area contributed by atoms with E-state index in [4.69, 9.17) is 0 Å². The predicted molar refractivity (Wildman–Crippen MR) is 112 cm³/mol. The summed E-state index contributed by atoms with van der Waals surface area (Å²) in [5, 5.41) is 14.8. The van der Waals surface area contributed by atoms with Gasteiger partial charge < -0.3 is 15.3 Å². The maximum Gasteiger partial charge on any atom is 0.278 e. The number of nitrogens with zero attached hydrogens (tertiary/aromatic N) is 3. The number of nitrogens with one attached hydrogen (secondary N) is 1. The largest absolute Gasteiger partial charge is 0.502 e. The molecule has 0 spiro atoms. The van der Waals surface area contributed by atoms with Gasteiger partial charge in [0.1, 0.15) is 24.7 Å². The summed E-state index contributed by atoms with van der Waals surface area (Å²) < 4.78 is 28.9. The number of carbonyl (C=O) groups is 2. The Morgan fingerprint density at radius 3 is 2.72 bits per heavy atom. The summed E-state index contributed by atoms with van der Waals surface area (Å²) in [4.78, 5) is 39.7. The number of pyridine rings is 1. The molecular formula is C22H24F2N4O4. The Morgan fingerprint density at radius 1 is 1.28 bits per heavy atom. The molecule has 32 heavy (non-hydrogen) atoms. The van der Waals surface area contributed by atoms with E-state index in [1.807, 2.05) is 6.92 Å². The highest BCUT2D eigenvalue weighted by molar-refractivity contribution is 5.99. The summed E-state index contributed by atoms with van der Waals surface area (Å²) >= 11 is 0. The first-order chi connectivity index (χ1) is 15.2. The second kappa shape index (κ2) is 8.25. The van der Waals surface area contributed by atoms with E-state index in [0.29, 0.717) is 12.8 Å². The Morgan fingerprint density at radius 2 is 2.03 bits per heavy atom. The van der Waals surface area contributed by atoms with Crippen LogP contribution in [0.3, 0.4) is 0 Å². The van der Waals surface area contributed by atoms with E-state index in [0.717, 1.165) is 5.56 Å². The van der Waals surface area contributed by atoms with Crippen LogP contribution in [0.5, 0.6) is 5.75 Å². The number of halogens is 2. The number of amides is 2. The summed E-state index contributed by atoms with van der Waals surface area (Å²) in [6, 6.07) is 3.79. The Kier molecular flexibility index (Phi) is 5.62. The second-order valence-corrected chi connectivity index (χ2v) is 8.28. The zero-order valence-corrected chi connectivity index (χ0v) is 17.8. The Labute approximate surface area is 183 Å². The van der Waals surface area contributed by atoms with Crippen molar-refractivity contribution >= 4 is 11.8 Å². The van der Waals surface area contributed by atoms with Gasteiger partial charge in [-0.15, -0.1) is 0 Å². The summed E-state index contributed by atoms with van der Waals surface area (Å²) in [5.74, 6) is -2.83. The molecule has 2 N–H and O–H groups in total. The van der Waals surface area contributed by atoms with Gasteiger partial charge in [-0.2, -0.15) is 0 Å². The average Bonchev–Trinajstić information content (AvgIpc) is 2.90. The highest BCUT2D eigenvalue weighted by atomic mass is 19.1. The van der Waals surface area contributed by atoms with E-state index in [1.54, 1.807) is 18.0 Å². The molecule has 1 aromatic heterocycles. The number of carbonyl (C=O) groups excluding carboxylic acids is 2. The zero-order valence-electron chi connectivity index (χ0n) is 17.8. The number of aromatic nitrogens is 1. The number of rotatable bonds is 4. The molecule has 0 aliphatic carbocycles. The third-order valence-electron chi connectivity index (χ3n) is 6.14. The molecule has 2 atom stereocenters. The van der Waals surface area contributed by atoms with Gasteiger partial charge >= 0.3 is 0 Å². The van der Waals surface area contributed by atoms with Crippen molar-refractivity contribution in [1.82, 2.24) is 14.9 Å². The first-order valence-corrected chi connectivity index (χ1v) is 10.4. The molecule has 1 saturated heterocycles. The van der Waals surface area contributed by atoms with Gasteiger partial charge in [0.2, 0.25) is 5.43 Å². The fraction of sp³-hybridized carbons (Fsp3) is 0.409. The minimum Gasteiger partial charge on any atom is -0.502 e. The van der Waals surface area contributed by atoms with E-state index < -0.39 is 41.5 Å². The molecule has 1 fully saturated rings. The summed E-state index contributed by atoms with van der Waals surface area (Å²) in [5.41, 5.74) is -0.712. The van der Waals surface area contributed by atoms with Crippen LogP contribution in [0.2, 0.25) is 0 Å². The summed E-state index contributed by atoms with van der Waals surface area (Å²) in [6.45, 7) is 2.81. The van der Waals surface area contributed by atoms with E-state index in [9.17, 15) is 28.3 Å². The van der Waals surface area contributed by atoms with Crippen LogP contribution >= 0.6 is 0 Å². The van der Waals surface area contributed by atoms with Gasteiger partial charge in [-0.1, -0.05) is 12.1 Å². The fourth-order valence-corrected chi connectivity index (χ4v) is 4.18. The minimum absolute atomic E-state index is 0.0690. The third-order valence-corrected chi connectivity index (χ3v) is 6.14.